The highest BCUT2D eigenvalue weighted by Gasteiger charge is 2.44. The number of methoxy groups -OCH3 is 1. The highest BCUT2D eigenvalue weighted by Crippen LogP contribution is 2.43. The van der Waals surface area contributed by atoms with Gasteiger partial charge in [0.25, 0.3) is 11.8 Å². The van der Waals surface area contributed by atoms with Crippen LogP contribution in [-0.2, 0) is 11.7 Å². The van der Waals surface area contributed by atoms with Gasteiger partial charge in [0.1, 0.15) is 23.8 Å². The van der Waals surface area contributed by atoms with Gasteiger partial charge in [-0.2, -0.15) is 18.2 Å². The fraction of sp³-hybridized carbons (Fsp3) is 0.419. The zero-order valence-corrected chi connectivity index (χ0v) is 25.2. The summed E-state index contributed by atoms with van der Waals surface area (Å²) in [6.07, 6.45) is -1.86. The van der Waals surface area contributed by atoms with Crippen LogP contribution in [0.5, 0.6) is 5.75 Å². The molecule has 14 heteroatoms. The monoisotopic (exact) mass is 629 g/mol. The van der Waals surface area contributed by atoms with Crippen molar-refractivity contribution in [2.75, 3.05) is 57.1 Å². The van der Waals surface area contributed by atoms with E-state index in [0.29, 0.717) is 29.6 Å². The van der Waals surface area contributed by atoms with Crippen LogP contribution in [0.3, 0.4) is 0 Å². The van der Waals surface area contributed by atoms with Crippen molar-refractivity contribution in [1.29, 1.82) is 0 Å². The second-order valence-electron chi connectivity index (χ2n) is 11.4. The molecule has 0 aliphatic carbocycles. The molecule has 3 aromatic rings. The maximum absolute atomic E-state index is 14.0. The molecule has 10 nitrogen and oxygen atoms in total. The number of likely N-dealkylation sites (tertiary alicyclic amines) is 1. The molecule has 0 radical (unpaired) electrons. The third kappa shape index (κ3) is 6.65. The minimum Gasteiger partial charge on any atom is -0.495 e. The van der Waals surface area contributed by atoms with Gasteiger partial charge in [-0.05, 0) is 69.6 Å². The standard InChI is InChI=1S/C31H35F4N7O3/c1-30(2)20-7-6-8-23(25(20)28(44)42(30)15-11-32)38-26-21(31(33,34)35)18-37-29(40-26)39-22-10-9-19(17-24(22)45-3)27(43)36-12-16-41-13-4-5-14-41/h6-10,17-18H,4-5,11-16H2,1-3H3,(H,36,43)(H2,37,38,39,40). The average molecular weight is 630 g/mol. The predicted molar refractivity (Wildman–Crippen MR) is 161 cm³/mol. The molecule has 5 rings (SSSR count). The Balaban J connectivity index is 1.39. The molecule has 0 bridgehead atoms. The Morgan fingerprint density at radius 2 is 1.82 bits per heavy atom. The predicted octanol–water partition coefficient (Wildman–Crippen LogP) is 5.48. The summed E-state index contributed by atoms with van der Waals surface area (Å²) >= 11 is 0. The fourth-order valence-electron chi connectivity index (χ4n) is 5.76. The fourth-order valence-corrected chi connectivity index (χ4v) is 5.76. The number of alkyl halides is 4. The zero-order valence-electron chi connectivity index (χ0n) is 25.2. The number of rotatable bonds is 11. The summed E-state index contributed by atoms with van der Waals surface area (Å²) in [5.41, 5.74) is -0.554. The van der Waals surface area contributed by atoms with Crippen molar-refractivity contribution in [3.8, 4) is 5.75 Å². The van der Waals surface area contributed by atoms with Crippen LogP contribution in [0.2, 0.25) is 0 Å². The summed E-state index contributed by atoms with van der Waals surface area (Å²) in [4.78, 5) is 37.6. The highest BCUT2D eigenvalue weighted by molar-refractivity contribution is 6.05. The van der Waals surface area contributed by atoms with E-state index in [1.807, 2.05) is 0 Å². The lowest BCUT2D eigenvalue weighted by molar-refractivity contribution is -0.137. The lowest BCUT2D eigenvalue weighted by atomic mass is 9.93. The molecular weight excluding hydrogens is 594 g/mol. The number of ether oxygens (including phenoxy) is 1. The molecule has 0 atom stereocenters. The van der Waals surface area contributed by atoms with E-state index in [-0.39, 0.29) is 35.4 Å². The summed E-state index contributed by atoms with van der Waals surface area (Å²) < 4.78 is 60.8. The lowest BCUT2D eigenvalue weighted by Gasteiger charge is -2.31. The maximum Gasteiger partial charge on any atom is 0.421 e. The molecule has 3 N–H and O–H groups in total. The Labute approximate surface area is 258 Å². The molecule has 0 saturated carbocycles. The van der Waals surface area contributed by atoms with Crippen molar-refractivity contribution in [3.05, 3.63) is 64.8 Å². The van der Waals surface area contributed by atoms with Gasteiger partial charge in [0.2, 0.25) is 5.95 Å². The number of aromatic nitrogens is 2. The summed E-state index contributed by atoms with van der Waals surface area (Å²) in [6, 6.07) is 9.39. The lowest BCUT2D eigenvalue weighted by Crippen LogP contribution is -2.40. The number of benzene rings is 2. The van der Waals surface area contributed by atoms with Crippen LogP contribution < -0.4 is 20.7 Å². The van der Waals surface area contributed by atoms with Crippen LogP contribution in [-0.4, -0.2) is 78.1 Å². The van der Waals surface area contributed by atoms with E-state index >= 15 is 0 Å². The topological polar surface area (TPSA) is 112 Å². The van der Waals surface area contributed by atoms with Gasteiger partial charge in [-0.25, -0.2) is 9.37 Å². The van der Waals surface area contributed by atoms with Crippen molar-refractivity contribution in [2.45, 2.75) is 38.4 Å². The van der Waals surface area contributed by atoms with Crippen LogP contribution in [0.15, 0.2) is 42.6 Å². The number of nitrogens with one attached hydrogen (secondary N) is 3. The van der Waals surface area contributed by atoms with Crippen molar-refractivity contribution in [2.24, 2.45) is 0 Å². The van der Waals surface area contributed by atoms with Crippen LogP contribution in [0.25, 0.3) is 0 Å². The van der Waals surface area contributed by atoms with Gasteiger partial charge in [-0.1, -0.05) is 12.1 Å². The van der Waals surface area contributed by atoms with Crippen LogP contribution in [0, 0.1) is 0 Å². The first-order valence-corrected chi connectivity index (χ1v) is 14.6. The second kappa shape index (κ2) is 12.9. The molecule has 45 heavy (non-hydrogen) atoms. The van der Waals surface area contributed by atoms with Crippen LogP contribution in [0.1, 0.15) is 58.5 Å². The number of carbonyl (C=O) groups excluding carboxylic acids is 2. The van der Waals surface area contributed by atoms with Gasteiger partial charge in [0.05, 0.1) is 36.1 Å². The number of anilines is 4. The minimum absolute atomic E-state index is 0.0970. The molecule has 1 fully saturated rings. The molecule has 1 aromatic heterocycles. The molecule has 240 valence electrons. The Morgan fingerprint density at radius 3 is 2.51 bits per heavy atom. The smallest absolute Gasteiger partial charge is 0.421 e. The van der Waals surface area contributed by atoms with Crippen molar-refractivity contribution in [1.82, 2.24) is 25.1 Å². The Morgan fingerprint density at radius 1 is 1.07 bits per heavy atom. The summed E-state index contributed by atoms with van der Waals surface area (Å²) in [7, 11) is 1.40. The summed E-state index contributed by atoms with van der Waals surface area (Å²) in [6.45, 7) is 5.89. The number of amides is 2. The molecule has 3 heterocycles. The van der Waals surface area contributed by atoms with Gasteiger partial charge in [-0.15, -0.1) is 0 Å². The van der Waals surface area contributed by atoms with Gasteiger partial charge < -0.3 is 30.5 Å². The quantitative estimate of drug-likeness (QED) is 0.239. The second-order valence-corrected chi connectivity index (χ2v) is 11.4. The van der Waals surface area contributed by atoms with Crippen LogP contribution >= 0.6 is 0 Å². The molecule has 2 aliphatic rings. The highest BCUT2D eigenvalue weighted by atomic mass is 19.4. The first-order valence-electron chi connectivity index (χ1n) is 14.6. The molecule has 0 spiro atoms. The Hall–Kier alpha value is -4.46. The zero-order chi connectivity index (χ0) is 32.4. The first kappa shape index (κ1) is 31.9. The van der Waals surface area contributed by atoms with E-state index in [2.05, 4.69) is 30.8 Å². The largest absolute Gasteiger partial charge is 0.495 e. The first-order chi connectivity index (χ1) is 21.4. The number of carbonyl (C=O) groups is 2. The average Bonchev–Trinajstić information content (AvgIpc) is 3.58. The molecule has 2 amide bonds. The SMILES string of the molecule is COc1cc(C(=O)NCCN2CCCC2)ccc1Nc1ncc(C(F)(F)F)c(Nc2cccc3c2C(=O)N(CCF)C3(C)C)n1. The number of nitrogens with zero attached hydrogens (tertiary/aromatic N) is 4. The van der Waals surface area contributed by atoms with E-state index in [1.165, 1.54) is 24.1 Å². The molecule has 0 unspecified atom stereocenters. The van der Waals surface area contributed by atoms with Crippen molar-refractivity contribution in [3.63, 3.8) is 0 Å². The number of hydrogen-bond donors (Lipinski definition) is 3. The van der Waals surface area contributed by atoms with Crippen molar-refractivity contribution < 1.29 is 31.9 Å². The third-order valence-corrected chi connectivity index (χ3v) is 8.14. The maximum atomic E-state index is 14.0. The van der Waals surface area contributed by atoms with E-state index in [0.717, 1.165) is 32.5 Å². The summed E-state index contributed by atoms with van der Waals surface area (Å²) in [5.74, 6) is -1.31. The Bertz CT molecular complexity index is 1580. The van der Waals surface area contributed by atoms with Crippen molar-refractivity contribution >= 4 is 35.0 Å². The van der Waals surface area contributed by atoms with Gasteiger partial charge in [0.15, 0.2) is 0 Å². The normalized spacial score (nSPS) is 16.1. The third-order valence-electron chi connectivity index (χ3n) is 8.14. The number of halogens is 4. The molecule has 2 aliphatic heterocycles. The van der Waals surface area contributed by atoms with Gasteiger partial charge >= 0.3 is 6.18 Å². The summed E-state index contributed by atoms with van der Waals surface area (Å²) in [5, 5.41) is 8.44. The number of hydrogen-bond acceptors (Lipinski definition) is 8. The van der Waals surface area contributed by atoms with Crippen LogP contribution in [0.4, 0.5) is 40.7 Å². The van der Waals surface area contributed by atoms with E-state index < -0.39 is 35.7 Å². The number of fused-ring (bicyclic) bond motifs is 1. The molecule has 1 saturated heterocycles. The molecule has 2 aromatic carbocycles. The van der Waals surface area contributed by atoms with E-state index in [9.17, 15) is 27.2 Å². The Kier molecular flexibility index (Phi) is 9.14. The molecular formula is C31H35F4N7O3. The minimum atomic E-state index is -4.82. The van der Waals surface area contributed by atoms with E-state index in [1.54, 1.807) is 38.1 Å². The van der Waals surface area contributed by atoms with Gasteiger partial charge in [0, 0.05) is 24.8 Å². The van der Waals surface area contributed by atoms with Gasteiger partial charge in [-0.3, -0.25) is 9.59 Å². The van der Waals surface area contributed by atoms with E-state index in [4.69, 9.17) is 4.74 Å².